The Labute approximate surface area is 133 Å². The van der Waals surface area contributed by atoms with Crippen LogP contribution in [-0.2, 0) is 4.74 Å². The van der Waals surface area contributed by atoms with Crippen molar-refractivity contribution in [3.63, 3.8) is 0 Å². The van der Waals surface area contributed by atoms with Gasteiger partial charge < -0.3 is 9.47 Å². The van der Waals surface area contributed by atoms with E-state index >= 15 is 0 Å². The van der Waals surface area contributed by atoms with Crippen LogP contribution in [0.2, 0.25) is 0 Å². The van der Waals surface area contributed by atoms with Crippen molar-refractivity contribution >= 4 is 11.7 Å². The Hall–Kier alpha value is -2.89. The minimum atomic E-state index is -0.720. The maximum atomic E-state index is 12.1. The molecule has 2 aromatic carbocycles. The molecule has 0 heterocycles. The largest absolute Gasteiger partial charge is 0.490 e. The zero-order valence-electron chi connectivity index (χ0n) is 12.9. The van der Waals surface area contributed by atoms with E-state index in [-0.39, 0.29) is 24.5 Å². The maximum Gasteiger partial charge on any atom is 0.345 e. The normalized spacial score (nSPS) is 10.2. The predicted molar refractivity (Wildman–Crippen MR) is 84.8 cm³/mol. The van der Waals surface area contributed by atoms with Crippen LogP contribution in [-0.4, -0.2) is 24.1 Å². The Morgan fingerprint density at radius 3 is 2.43 bits per heavy atom. The number of nitrogens with zero attached hydrogens (tertiary/aromatic N) is 1. The Bertz CT molecular complexity index is 709. The summed E-state index contributed by atoms with van der Waals surface area (Å²) in [7, 11) is 0. The number of benzene rings is 2. The molecule has 6 nitrogen and oxygen atoms in total. The summed E-state index contributed by atoms with van der Waals surface area (Å²) in [5, 5.41) is 11.0. The third-order valence-corrected chi connectivity index (χ3v) is 3.26. The first-order valence-electron chi connectivity index (χ1n) is 7.09. The second-order valence-corrected chi connectivity index (χ2v) is 5.02. The average molecular weight is 315 g/mol. The molecule has 0 radical (unpaired) electrons. The highest BCUT2D eigenvalue weighted by atomic mass is 16.6. The molecule has 2 aromatic rings. The van der Waals surface area contributed by atoms with Crippen LogP contribution in [0, 0.1) is 24.0 Å². The summed E-state index contributed by atoms with van der Waals surface area (Å²) in [5.74, 6) is -0.0455. The number of nitro benzene ring substituents is 1. The molecule has 0 unspecified atom stereocenters. The van der Waals surface area contributed by atoms with Crippen LogP contribution in [0.25, 0.3) is 0 Å². The summed E-state index contributed by atoms with van der Waals surface area (Å²) in [6.45, 7) is 3.79. The van der Waals surface area contributed by atoms with Crippen LogP contribution in [0.15, 0.2) is 42.5 Å². The Morgan fingerprint density at radius 2 is 1.78 bits per heavy atom. The van der Waals surface area contributed by atoms with E-state index in [1.165, 1.54) is 12.1 Å². The van der Waals surface area contributed by atoms with E-state index in [1.54, 1.807) is 13.0 Å². The molecule has 2 rings (SSSR count). The molecular formula is C17H17NO5. The van der Waals surface area contributed by atoms with Gasteiger partial charge in [-0.2, -0.15) is 0 Å². The van der Waals surface area contributed by atoms with Gasteiger partial charge in [-0.3, -0.25) is 10.1 Å². The lowest BCUT2D eigenvalue weighted by Crippen LogP contribution is -2.14. The number of rotatable bonds is 6. The van der Waals surface area contributed by atoms with E-state index in [2.05, 4.69) is 0 Å². The molecule has 0 spiro atoms. The van der Waals surface area contributed by atoms with Gasteiger partial charge in [0.2, 0.25) is 0 Å². The molecule has 120 valence electrons. The van der Waals surface area contributed by atoms with Gasteiger partial charge in [0.25, 0.3) is 5.69 Å². The van der Waals surface area contributed by atoms with Crippen LogP contribution in [0.1, 0.15) is 21.5 Å². The standard InChI is InChI=1S/C17H17NO5/c1-12-6-8-14(9-7-12)22-10-11-23-17(19)16-13(2)4-3-5-15(16)18(20)21/h3-9H,10-11H2,1-2H3. The topological polar surface area (TPSA) is 78.7 Å². The molecule has 0 aliphatic carbocycles. The van der Waals surface area contributed by atoms with Crippen molar-refractivity contribution in [1.82, 2.24) is 0 Å². The molecule has 0 fully saturated rings. The second kappa shape index (κ2) is 7.40. The van der Waals surface area contributed by atoms with Gasteiger partial charge in [-0.1, -0.05) is 29.8 Å². The summed E-state index contributed by atoms with van der Waals surface area (Å²) in [6.07, 6.45) is 0. The number of hydrogen-bond acceptors (Lipinski definition) is 5. The monoisotopic (exact) mass is 315 g/mol. The maximum absolute atomic E-state index is 12.1. The van der Waals surface area contributed by atoms with Crippen molar-refractivity contribution in [2.45, 2.75) is 13.8 Å². The molecule has 0 aliphatic rings. The van der Waals surface area contributed by atoms with E-state index in [0.717, 1.165) is 5.56 Å². The predicted octanol–water partition coefficient (Wildman–Crippen LogP) is 3.45. The summed E-state index contributed by atoms with van der Waals surface area (Å²) in [5.41, 5.74) is 1.35. The van der Waals surface area contributed by atoms with Gasteiger partial charge in [0.15, 0.2) is 0 Å². The third kappa shape index (κ3) is 4.29. The number of nitro groups is 1. The summed E-state index contributed by atoms with van der Waals surface area (Å²) in [6, 6.07) is 11.9. The van der Waals surface area contributed by atoms with E-state index in [4.69, 9.17) is 9.47 Å². The van der Waals surface area contributed by atoms with Crippen molar-refractivity contribution in [1.29, 1.82) is 0 Å². The zero-order chi connectivity index (χ0) is 16.8. The van der Waals surface area contributed by atoms with Crippen molar-refractivity contribution in [3.8, 4) is 5.75 Å². The molecule has 23 heavy (non-hydrogen) atoms. The highest BCUT2D eigenvalue weighted by molar-refractivity contribution is 5.95. The van der Waals surface area contributed by atoms with Gasteiger partial charge in [-0.15, -0.1) is 0 Å². The first-order valence-corrected chi connectivity index (χ1v) is 7.09. The Morgan fingerprint density at radius 1 is 1.09 bits per heavy atom. The number of hydrogen-bond donors (Lipinski definition) is 0. The van der Waals surface area contributed by atoms with Gasteiger partial charge in [-0.25, -0.2) is 4.79 Å². The second-order valence-electron chi connectivity index (χ2n) is 5.02. The molecule has 0 aromatic heterocycles. The fourth-order valence-corrected chi connectivity index (χ4v) is 2.07. The van der Waals surface area contributed by atoms with Gasteiger partial charge in [0, 0.05) is 6.07 Å². The lowest BCUT2D eigenvalue weighted by atomic mass is 10.1. The molecule has 6 heteroatoms. The fourth-order valence-electron chi connectivity index (χ4n) is 2.07. The van der Waals surface area contributed by atoms with Crippen molar-refractivity contribution in [3.05, 3.63) is 69.3 Å². The van der Waals surface area contributed by atoms with Crippen LogP contribution in [0.5, 0.6) is 5.75 Å². The SMILES string of the molecule is Cc1ccc(OCCOC(=O)c2c(C)cccc2[N+](=O)[O-])cc1. The van der Waals surface area contributed by atoms with Crippen molar-refractivity contribution in [2.75, 3.05) is 13.2 Å². The van der Waals surface area contributed by atoms with Crippen LogP contribution >= 0.6 is 0 Å². The molecule has 0 N–H and O–H groups in total. The molecule has 0 bridgehead atoms. The number of carbonyl (C=O) groups is 1. The van der Waals surface area contributed by atoms with Gasteiger partial charge in [0.05, 0.1) is 4.92 Å². The smallest absolute Gasteiger partial charge is 0.345 e. The summed E-state index contributed by atoms with van der Waals surface area (Å²) in [4.78, 5) is 22.5. The first kappa shape index (κ1) is 16.5. The van der Waals surface area contributed by atoms with Gasteiger partial charge in [0.1, 0.15) is 24.5 Å². The lowest BCUT2D eigenvalue weighted by molar-refractivity contribution is -0.385. The average Bonchev–Trinajstić information content (AvgIpc) is 2.52. The van der Waals surface area contributed by atoms with Crippen LogP contribution in [0.4, 0.5) is 5.69 Å². The number of esters is 1. The summed E-state index contributed by atoms with van der Waals surface area (Å²) < 4.78 is 10.5. The highest BCUT2D eigenvalue weighted by Crippen LogP contribution is 2.22. The Balaban J connectivity index is 1.93. The molecule has 0 atom stereocenters. The van der Waals surface area contributed by atoms with Crippen LogP contribution < -0.4 is 4.74 Å². The van der Waals surface area contributed by atoms with E-state index in [1.807, 2.05) is 31.2 Å². The first-order chi connectivity index (χ1) is 11.0. The third-order valence-electron chi connectivity index (χ3n) is 3.26. The Kier molecular flexibility index (Phi) is 5.30. The molecule has 0 aliphatic heterocycles. The van der Waals surface area contributed by atoms with Crippen molar-refractivity contribution in [2.24, 2.45) is 0 Å². The number of carbonyl (C=O) groups excluding carboxylic acids is 1. The molecule has 0 amide bonds. The zero-order valence-corrected chi connectivity index (χ0v) is 12.9. The van der Waals surface area contributed by atoms with E-state index in [0.29, 0.717) is 11.3 Å². The van der Waals surface area contributed by atoms with Crippen LogP contribution in [0.3, 0.4) is 0 Å². The van der Waals surface area contributed by atoms with Gasteiger partial charge in [-0.05, 0) is 31.5 Å². The minimum absolute atomic E-state index is 0.0121. The highest BCUT2D eigenvalue weighted by Gasteiger charge is 2.23. The van der Waals surface area contributed by atoms with Gasteiger partial charge >= 0.3 is 5.97 Å². The molecular weight excluding hydrogens is 298 g/mol. The summed E-state index contributed by atoms with van der Waals surface area (Å²) >= 11 is 0. The molecule has 0 saturated carbocycles. The lowest BCUT2D eigenvalue weighted by Gasteiger charge is -2.09. The van der Waals surface area contributed by atoms with E-state index in [9.17, 15) is 14.9 Å². The van der Waals surface area contributed by atoms with Crippen molar-refractivity contribution < 1.29 is 19.2 Å². The minimum Gasteiger partial charge on any atom is -0.490 e. The molecule has 0 saturated heterocycles. The fraction of sp³-hybridized carbons (Fsp3) is 0.235. The quantitative estimate of drug-likeness (QED) is 0.353. The number of aryl methyl sites for hydroxylation is 2. The van der Waals surface area contributed by atoms with E-state index < -0.39 is 10.9 Å². The number of ether oxygens (including phenoxy) is 2.